The number of nitrogens with one attached hydrogen (secondary N) is 1. The first-order chi connectivity index (χ1) is 11.1. The normalized spacial score (nSPS) is 10.5. The smallest absolute Gasteiger partial charge is 0.323 e. The molecule has 1 aromatic heterocycles. The van der Waals surface area contributed by atoms with Crippen molar-refractivity contribution >= 4 is 49.3 Å². The third-order valence-corrected chi connectivity index (χ3v) is 4.13. The zero-order chi connectivity index (χ0) is 16.4. The highest BCUT2D eigenvalue weighted by Crippen LogP contribution is 2.35. The van der Waals surface area contributed by atoms with Crippen molar-refractivity contribution in [3.8, 4) is 11.4 Å². The Balaban J connectivity index is 2.18. The van der Waals surface area contributed by atoms with Crippen LogP contribution in [0.1, 0.15) is 0 Å². The molecule has 3 N–H and O–H groups in total. The summed E-state index contributed by atoms with van der Waals surface area (Å²) < 4.78 is 1.73. The van der Waals surface area contributed by atoms with Crippen LogP contribution < -0.4 is 10.6 Å². The molecule has 2 aromatic carbocycles. The minimum atomic E-state index is -0.608. The molecule has 116 valence electrons. The molecule has 0 saturated carbocycles. The number of hydrogen-bond donors (Lipinski definition) is 2. The summed E-state index contributed by atoms with van der Waals surface area (Å²) in [4.78, 5) is 13.5. The molecule has 3 rings (SSSR count). The van der Waals surface area contributed by atoms with Gasteiger partial charge in [-0.15, -0.1) is 5.10 Å². The van der Waals surface area contributed by atoms with Gasteiger partial charge in [0.1, 0.15) is 0 Å². The van der Waals surface area contributed by atoms with E-state index in [1.54, 1.807) is 18.2 Å². The molecular weight excluding hydrogens is 428 g/mol. The number of rotatable bonds is 3. The maximum Gasteiger partial charge on any atom is 0.323 e. The minimum Gasteiger partial charge on any atom is -0.351 e. The Hall–Kier alpha value is -2.26. The van der Waals surface area contributed by atoms with Crippen LogP contribution >= 0.6 is 31.9 Å². The molecule has 1 heterocycles. The van der Waals surface area contributed by atoms with Crippen LogP contribution in [0.4, 0.5) is 16.2 Å². The third-order valence-electron chi connectivity index (χ3n) is 3.11. The quantitative estimate of drug-likeness (QED) is 0.653. The lowest BCUT2D eigenvalue weighted by Gasteiger charge is -2.23. The van der Waals surface area contributed by atoms with Crippen LogP contribution in [-0.4, -0.2) is 26.7 Å². The van der Waals surface area contributed by atoms with Crippen LogP contribution in [0.2, 0.25) is 0 Å². The molecule has 7 nitrogen and oxygen atoms in total. The summed E-state index contributed by atoms with van der Waals surface area (Å²) in [6.07, 6.45) is 0. The number of aromatic nitrogens is 4. The number of anilines is 2. The summed E-state index contributed by atoms with van der Waals surface area (Å²) >= 11 is 6.78. The van der Waals surface area contributed by atoms with Crippen molar-refractivity contribution in [1.82, 2.24) is 20.6 Å². The van der Waals surface area contributed by atoms with Crippen molar-refractivity contribution in [3.63, 3.8) is 0 Å². The number of urea groups is 1. The number of hydrogen-bond acceptors (Lipinski definition) is 4. The van der Waals surface area contributed by atoms with Gasteiger partial charge >= 0.3 is 6.03 Å². The summed E-state index contributed by atoms with van der Waals surface area (Å²) in [6, 6.07) is 12.0. The molecule has 23 heavy (non-hydrogen) atoms. The molecular formula is C14H10Br2N6O. The van der Waals surface area contributed by atoms with Gasteiger partial charge in [-0.2, -0.15) is 0 Å². The summed E-state index contributed by atoms with van der Waals surface area (Å²) in [6.45, 7) is 0. The molecule has 0 radical (unpaired) electrons. The zero-order valence-electron chi connectivity index (χ0n) is 11.6. The van der Waals surface area contributed by atoms with Crippen molar-refractivity contribution < 1.29 is 4.79 Å². The number of carbonyl (C=O) groups is 1. The van der Waals surface area contributed by atoms with E-state index in [0.29, 0.717) is 22.8 Å². The predicted octanol–water partition coefficient (Wildman–Crippen LogP) is 3.61. The first-order valence-electron chi connectivity index (χ1n) is 6.45. The topological polar surface area (TPSA) is 101 Å². The first-order valence-corrected chi connectivity index (χ1v) is 8.03. The first kappa shape index (κ1) is 15.6. The molecule has 0 saturated heterocycles. The molecule has 0 aliphatic carbocycles. The average Bonchev–Trinajstić information content (AvgIpc) is 3.05. The van der Waals surface area contributed by atoms with E-state index >= 15 is 0 Å². The number of H-pyrrole nitrogens is 1. The largest absolute Gasteiger partial charge is 0.351 e. The van der Waals surface area contributed by atoms with Crippen LogP contribution in [0.3, 0.4) is 0 Å². The van der Waals surface area contributed by atoms with Gasteiger partial charge in [-0.25, -0.2) is 9.89 Å². The molecule has 0 aliphatic rings. The van der Waals surface area contributed by atoms with Gasteiger partial charge in [-0.1, -0.05) is 31.9 Å². The number of amides is 2. The van der Waals surface area contributed by atoms with Crippen molar-refractivity contribution in [1.29, 1.82) is 0 Å². The van der Waals surface area contributed by atoms with Crippen molar-refractivity contribution in [3.05, 3.63) is 51.4 Å². The fourth-order valence-corrected chi connectivity index (χ4v) is 2.77. The van der Waals surface area contributed by atoms with E-state index in [4.69, 9.17) is 5.73 Å². The molecule has 0 bridgehead atoms. The standard InChI is InChI=1S/C14H10Br2N6O/c15-8-1-4-10(5-2-8)22(14(17)23)12-6-3-9(16)7-11(12)13-18-20-21-19-13/h1-7H,(H2,17,23)(H,18,19,20,21). The predicted molar refractivity (Wildman–Crippen MR) is 93.2 cm³/mol. The van der Waals surface area contributed by atoms with Crippen LogP contribution in [-0.2, 0) is 0 Å². The highest BCUT2D eigenvalue weighted by molar-refractivity contribution is 9.10. The Kier molecular flexibility index (Phi) is 4.39. The molecule has 0 spiro atoms. The molecule has 0 atom stereocenters. The summed E-state index contributed by atoms with van der Waals surface area (Å²) in [5.41, 5.74) is 7.45. The number of aromatic amines is 1. The van der Waals surface area contributed by atoms with Crippen LogP contribution in [0, 0.1) is 0 Å². The Morgan fingerprint density at radius 1 is 1.09 bits per heavy atom. The number of nitrogens with two attached hydrogens (primary N) is 1. The van der Waals surface area contributed by atoms with Gasteiger partial charge < -0.3 is 5.73 Å². The number of nitrogens with zero attached hydrogens (tertiary/aromatic N) is 4. The highest BCUT2D eigenvalue weighted by Gasteiger charge is 2.21. The zero-order valence-corrected chi connectivity index (χ0v) is 14.7. The average molecular weight is 438 g/mol. The summed E-state index contributed by atoms with van der Waals surface area (Å²) in [5.74, 6) is 0.435. The van der Waals surface area contributed by atoms with E-state index in [2.05, 4.69) is 52.5 Å². The Labute approximate surface area is 148 Å². The van der Waals surface area contributed by atoms with Crippen LogP contribution in [0.15, 0.2) is 51.4 Å². The third kappa shape index (κ3) is 3.25. The highest BCUT2D eigenvalue weighted by atomic mass is 79.9. The minimum absolute atomic E-state index is 0.435. The summed E-state index contributed by atoms with van der Waals surface area (Å²) in [7, 11) is 0. The lowest BCUT2D eigenvalue weighted by molar-refractivity contribution is 0.256. The number of carbonyl (C=O) groups excluding carboxylic acids is 1. The fourth-order valence-electron chi connectivity index (χ4n) is 2.14. The van der Waals surface area contributed by atoms with Gasteiger partial charge in [0, 0.05) is 14.5 Å². The number of halogens is 2. The fraction of sp³-hybridized carbons (Fsp3) is 0. The molecule has 0 fully saturated rings. The van der Waals surface area contributed by atoms with E-state index < -0.39 is 6.03 Å². The van der Waals surface area contributed by atoms with Crippen molar-refractivity contribution in [2.75, 3.05) is 4.90 Å². The van der Waals surface area contributed by atoms with E-state index in [9.17, 15) is 4.79 Å². The Bertz CT molecular complexity index is 835. The Morgan fingerprint density at radius 2 is 1.78 bits per heavy atom. The molecule has 0 aliphatic heterocycles. The lowest BCUT2D eigenvalue weighted by Crippen LogP contribution is -2.31. The van der Waals surface area contributed by atoms with Gasteiger partial charge in [-0.05, 0) is 52.9 Å². The monoisotopic (exact) mass is 436 g/mol. The van der Waals surface area contributed by atoms with Crippen LogP contribution in [0.5, 0.6) is 0 Å². The SMILES string of the molecule is NC(=O)N(c1ccc(Br)cc1)c1ccc(Br)cc1-c1nnn[nH]1. The molecule has 9 heteroatoms. The second kappa shape index (κ2) is 6.47. The maximum atomic E-state index is 12.1. The van der Waals surface area contributed by atoms with Crippen molar-refractivity contribution in [2.24, 2.45) is 5.73 Å². The van der Waals surface area contributed by atoms with Crippen LogP contribution in [0.25, 0.3) is 11.4 Å². The van der Waals surface area contributed by atoms with Gasteiger partial charge in [0.05, 0.1) is 11.4 Å². The van der Waals surface area contributed by atoms with Gasteiger partial charge in [0.25, 0.3) is 0 Å². The molecule has 2 amide bonds. The summed E-state index contributed by atoms with van der Waals surface area (Å²) in [5, 5.41) is 13.8. The van der Waals surface area contributed by atoms with Crippen molar-refractivity contribution in [2.45, 2.75) is 0 Å². The van der Waals surface area contributed by atoms with E-state index in [1.165, 1.54) is 4.90 Å². The van der Waals surface area contributed by atoms with Gasteiger partial charge in [0.2, 0.25) is 0 Å². The lowest BCUT2D eigenvalue weighted by atomic mass is 10.1. The maximum absolute atomic E-state index is 12.1. The second-order valence-electron chi connectivity index (χ2n) is 4.56. The second-order valence-corrected chi connectivity index (χ2v) is 6.39. The van der Waals surface area contributed by atoms with E-state index in [1.807, 2.05) is 24.3 Å². The molecule has 3 aromatic rings. The van der Waals surface area contributed by atoms with E-state index in [-0.39, 0.29) is 0 Å². The molecule has 0 unspecified atom stereocenters. The van der Waals surface area contributed by atoms with Gasteiger partial charge in [0.15, 0.2) is 5.82 Å². The number of benzene rings is 2. The Morgan fingerprint density at radius 3 is 2.39 bits per heavy atom. The van der Waals surface area contributed by atoms with E-state index in [0.717, 1.165) is 8.95 Å². The number of tetrazole rings is 1. The van der Waals surface area contributed by atoms with Gasteiger partial charge in [-0.3, -0.25) is 4.90 Å². The number of primary amides is 1.